The summed E-state index contributed by atoms with van der Waals surface area (Å²) in [5.41, 5.74) is 0.387. The average Bonchev–Trinajstić information content (AvgIpc) is 2.74. The zero-order chi connectivity index (χ0) is 22.9. The minimum atomic E-state index is -0.574. The molecule has 1 fully saturated rings. The van der Waals surface area contributed by atoms with E-state index in [0.717, 1.165) is 18.4 Å². The number of likely N-dealkylation sites (tertiary alicyclic amines) is 1. The van der Waals surface area contributed by atoms with Crippen LogP contribution in [-0.4, -0.2) is 68.5 Å². The van der Waals surface area contributed by atoms with Gasteiger partial charge in [0.1, 0.15) is 5.60 Å². The molecule has 1 saturated heterocycles. The number of nitrogens with one attached hydrogen (secondary N) is 3. The van der Waals surface area contributed by atoms with E-state index >= 15 is 0 Å². The first-order valence-corrected chi connectivity index (χ1v) is 10.6. The van der Waals surface area contributed by atoms with Crippen molar-refractivity contribution in [3.8, 4) is 0 Å². The maximum Gasteiger partial charge on any atom is 0.409 e. The van der Waals surface area contributed by atoms with Crippen molar-refractivity contribution in [2.75, 3.05) is 33.8 Å². The van der Waals surface area contributed by atoms with Crippen molar-refractivity contribution in [3.63, 3.8) is 0 Å². The van der Waals surface area contributed by atoms with E-state index in [-0.39, 0.29) is 42.2 Å². The molecule has 0 saturated carbocycles. The van der Waals surface area contributed by atoms with Gasteiger partial charge in [0.2, 0.25) is 0 Å². The molecule has 0 bridgehead atoms. The highest BCUT2D eigenvalue weighted by Crippen LogP contribution is 2.15. The number of guanidine groups is 1. The molecule has 0 aliphatic carbocycles. The van der Waals surface area contributed by atoms with Gasteiger partial charge < -0.3 is 30.3 Å². The Hall–Kier alpha value is -2.24. The second kappa shape index (κ2) is 13.3. The van der Waals surface area contributed by atoms with E-state index in [4.69, 9.17) is 9.47 Å². The minimum absolute atomic E-state index is 0. The number of ether oxygens (including phenoxy) is 2. The molecule has 0 spiro atoms. The molecule has 9 nitrogen and oxygen atoms in total. The third kappa shape index (κ3) is 9.49. The fourth-order valence-electron chi connectivity index (χ4n) is 3.31. The van der Waals surface area contributed by atoms with Gasteiger partial charge in [-0.15, -0.1) is 24.0 Å². The minimum Gasteiger partial charge on any atom is -0.453 e. The highest BCUT2D eigenvalue weighted by atomic mass is 127. The van der Waals surface area contributed by atoms with Crippen molar-refractivity contribution in [2.45, 2.75) is 51.3 Å². The first kappa shape index (κ1) is 27.8. The standard InChI is InChI=1S/C22H35N5O4.HI/c1-22(2,3)31-20(28)26-18(16-9-7-6-8-10-16)15-24-19(23-4)25-17-11-13-27(14-12-17)21(29)30-5;/h6-10,17-18H,11-15H2,1-5H3,(H,26,28)(H2,23,24,25);1H. The van der Waals surface area contributed by atoms with E-state index in [1.54, 1.807) is 11.9 Å². The topological polar surface area (TPSA) is 104 Å². The largest absolute Gasteiger partial charge is 0.453 e. The molecule has 0 aromatic heterocycles. The number of rotatable bonds is 5. The molecule has 0 radical (unpaired) electrons. The van der Waals surface area contributed by atoms with Crippen molar-refractivity contribution in [3.05, 3.63) is 35.9 Å². The Kier molecular flexibility index (Phi) is 11.6. The number of piperidine rings is 1. The molecule has 1 aromatic rings. The second-order valence-electron chi connectivity index (χ2n) is 8.44. The first-order valence-electron chi connectivity index (χ1n) is 10.6. The lowest BCUT2D eigenvalue weighted by Crippen LogP contribution is -2.51. The van der Waals surface area contributed by atoms with Gasteiger partial charge in [-0.3, -0.25) is 4.99 Å². The van der Waals surface area contributed by atoms with E-state index in [0.29, 0.717) is 25.6 Å². The Labute approximate surface area is 207 Å². The first-order chi connectivity index (χ1) is 14.7. The third-order valence-electron chi connectivity index (χ3n) is 4.86. The maximum absolute atomic E-state index is 12.3. The van der Waals surface area contributed by atoms with Crippen LogP contribution in [0.3, 0.4) is 0 Å². The van der Waals surface area contributed by atoms with Crippen LogP contribution < -0.4 is 16.0 Å². The summed E-state index contributed by atoms with van der Waals surface area (Å²) in [6.07, 6.45) is 0.837. The highest BCUT2D eigenvalue weighted by Gasteiger charge is 2.24. The predicted molar refractivity (Wildman–Crippen MR) is 135 cm³/mol. The summed E-state index contributed by atoms with van der Waals surface area (Å²) in [6.45, 7) is 7.20. The summed E-state index contributed by atoms with van der Waals surface area (Å²) in [5.74, 6) is 0.642. The monoisotopic (exact) mass is 561 g/mol. The molecule has 1 atom stereocenters. The highest BCUT2D eigenvalue weighted by molar-refractivity contribution is 14.0. The summed E-state index contributed by atoms with van der Waals surface area (Å²) in [4.78, 5) is 30.0. The van der Waals surface area contributed by atoms with Gasteiger partial charge in [-0.05, 0) is 39.2 Å². The number of carbonyl (C=O) groups is 2. The zero-order valence-corrected chi connectivity index (χ0v) is 21.8. The Morgan fingerprint density at radius 3 is 2.34 bits per heavy atom. The summed E-state index contributed by atoms with van der Waals surface area (Å²) in [5, 5.41) is 9.62. The van der Waals surface area contributed by atoms with Crippen LogP contribution in [0.25, 0.3) is 0 Å². The van der Waals surface area contributed by atoms with Crippen molar-refractivity contribution in [1.29, 1.82) is 0 Å². The van der Waals surface area contributed by atoms with Crippen LogP contribution >= 0.6 is 24.0 Å². The van der Waals surface area contributed by atoms with Crippen LogP contribution in [-0.2, 0) is 9.47 Å². The number of methoxy groups -OCH3 is 1. The Morgan fingerprint density at radius 2 is 1.81 bits per heavy atom. The van der Waals surface area contributed by atoms with E-state index in [1.165, 1.54) is 7.11 Å². The molecule has 2 amide bonds. The average molecular weight is 561 g/mol. The zero-order valence-electron chi connectivity index (χ0n) is 19.5. The molecule has 2 rings (SSSR count). The quantitative estimate of drug-likeness (QED) is 0.290. The summed E-state index contributed by atoms with van der Waals surface area (Å²) in [7, 11) is 3.10. The molecule has 180 valence electrons. The van der Waals surface area contributed by atoms with Gasteiger partial charge >= 0.3 is 12.2 Å². The molecule has 32 heavy (non-hydrogen) atoms. The van der Waals surface area contributed by atoms with Crippen LogP contribution in [0.4, 0.5) is 9.59 Å². The smallest absolute Gasteiger partial charge is 0.409 e. The van der Waals surface area contributed by atoms with Crippen molar-refractivity contribution >= 4 is 42.1 Å². The lowest BCUT2D eigenvalue weighted by atomic mass is 10.1. The van der Waals surface area contributed by atoms with E-state index in [9.17, 15) is 9.59 Å². The van der Waals surface area contributed by atoms with Crippen LogP contribution in [0.2, 0.25) is 0 Å². The van der Waals surface area contributed by atoms with Gasteiger partial charge in [0.15, 0.2) is 5.96 Å². The fraction of sp³-hybridized carbons (Fsp3) is 0.591. The van der Waals surface area contributed by atoms with Crippen LogP contribution in [0.15, 0.2) is 35.3 Å². The Morgan fingerprint density at radius 1 is 1.19 bits per heavy atom. The summed E-state index contributed by atoms with van der Waals surface area (Å²) < 4.78 is 10.2. The summed E-state index contributed by atoms with van der Waals surface area (Å²) >= 11 is 0. The van der Waals surface area contributed by atoms with Gasteiger partial charge in [-0.2, -0.15) is 0 Å². The number of hydrogen-bond donors (Lipinski definition) is 3. The SMILES string of the molecule is CN=C(NCC(NC(=O)OC(C)(C)C)c1ccccc1)NC1CCN(C(=O)OC)CC1.I. The lowest BCUT2D eigenvalue weighted by Gasteiger charge is -2.32. The van der Waals surface area contributed by atoms with E-state index in [1.807, 2.05) is 51.1 Å². The van der Waals surface area contributed by atoms with Gasteiger partial charge in [-0.25, -0.2) is 9.59 Å². The number of benzene rings is 1. The number of nitrogens with zero attached hydrogens (tertiary/aromatic N) is 2. The van der Waals surface area contributed by atoms with E-state index < -0.39 is 11.7 Å². The number of carbonyl (C=O) groups excluding carboxylic acids is 2. The molecule has 1 aromatic carbocycles. The number of amides is 2. The Bertz CT molecular complexity index is 746. The van der Waals surface area contributed by atoms with E-state index in [2.05, 4.69) is 20.9 Å². The predicted octanol–water partition coefficient (Wildman–Crippen LogP) is 3.27. The lowest BCUT2D eigenvalue weighted by molar-refractivity contribution is 0.0504. The second-order valence-corrected chi connectivity index (χ2v) is 8.44. The molecule has 1 heterocycles. The number of alkyl carbamates (subject to hydrolysis) is 1. The van der Waals surface area contributed by atoms with Gasteiger partial charge in [0, 0.05) is 32.7 Å². The molecule has 1 aliphatic rings. The number of hydrogen-bond acceptors (Lipinski definition) is 5. The maximum atomic E-state index is 12.3. The van der Waals surface area contributed by atoms with Crippen molar-refractivity contribution < 1.29 is 19.1 Å². The third-order valence-corrected chi connectivity index (χ3v) is 4.86. The van der Waals surface area contributed by atoms with Crippen molar-refractivity contribution in [1.82, 2.24) is 20.9 Å². The number of aliphatic imine (C=N–C) groups is 1. The summed E-state index contributed by atoms with van der Waals surface area (Å²) in [6, 6.07) is 9.62. The molecular formula is C22H36IN5O4. The Balaban J connectivity index is 0.00000512. The molecule has 1 aliphatic heterocycles. The molecular weight excluding hydrogens is 525 g/mol. The van der Waals surface area contributed by atoms with Crippen LogP contribution in [0.1, 0.15) is 45.2 Å². The van der Waals surface area contributed by atoms with Crippen LogP contribution in [0.5, 0.6) is 0 Å². The van der Waals surface area contributed by atoms with Crippen LogP contribution in [0, 0.1) is 0 Å². The molecule has 10 heteroatoms. The normalized spacial score (nSPS) is 15.8. The van der Waals surface area contributed by atoms with Gasteiger partial charge in [0.05, 0.1) is 13.2 Å². The van der Waals surface area contributed by atoms with Gasteiger partial charge in [0.25, 0.3) is 0 Å². The number of halogens is 1. The van der Waals surface area contributed by atoms with Crippen molar-refractivity contribution in [2.24, 2.45) is 4.99 Å². The van der Waals surface area contributed by atoms with Gasteiger partial charge in [-0.1, -0.05) is 30.3 Å². The fourth-order valence-corrected chi connectivity index (χ4v) is 3.31. The molecule has 3 N–H and O–H groups in total. The molecule has 1 unspecified atom stereocenters.